The second-order valence-corrected chi connectivity index (χ2v) is 3.55. The van der Waals surface area contributed by atoms with E-state index in [0.29, 0.717) is 0 Å². The van der Waals surface area contributed by atoms with Crippen molar-refractivity contribution < 1.29 is 17.1 Å². The molecule has 0 unspecified atom stereocenters. The van der Waals surface area contributed by atoms with E-state index in [-0.39, 0.29) is 17.1 Å². The number of hydrogen-bond donors (Lipinski definition) is 0. The normalized spacial score (nSPS) is 13.2. The van der Waals surface area contributed by atoms with E-state index in [2.05, 4.69) is 45.1 Å². The number of allylic oxidation sites excluding steroid dienone is 4. The molecule has 0 N–H and O–H groups in total. The first kappa shape index (κ1) is 14.2. The van der Waals surface area contributed by atoms with Crippen LogP contribution in [0.25, 0.3) is 0 Å². The second-order valence-electron chi connectivity index (χ2n) is 3.55. The molecule has 0 spiro atoms. The molecule has 1 heteroatoms. The first-order valence-electron chi connectivity index (χ1n) is 5.13. The number of aryl methyl sites for hydroxylation is 1. The van der Waals surface area contributed by atoms with Gasteiger partial charge in [-0.3, -0.25) is 0 Å². The van der Waals surface area contributed by atoms with Crippen molar-refractivity contribution in [3.63, 3.8) is 0 Å². The molecule has 0 nitrogen and oxygen atoms in total. The Morgan fingerprint density at radius 3 is 2.13 bits per heavy atom. The number of rotatable bonds is 1. The van der Waals surface area contributed by atoms with Crippen LogP contribution in [0.15, 0.2) is 47.6 Å². The molecule has 1 aliphatic rings. The van der Waals surface area contributed by atoms with Crippen molar-refractivity contribution in [1.29, 1.82) is 0 Å². The molecule has 0 bridgehead atoms. The maximum Gasteiger partial charge on any atom is 2.00 e. The van der Waals surface area contributed by atoms with Gasteiger partial charge in [0.25, 0.3) is 0 Å². The summed E-state index contributed by atoms with van der Waals surface area (Å²) in [5.74, 6) is 0. The van der Waals surface area contributed by atoms with Crippen molar-refractivity contribution in [3.8, 4) is 0 Å². The Hall–Kier alpha value is -0.781. The third-order valence-corrected chi connectivity index (χ3v) is 2.39. The molecule has 0 fully saturated rings. The Morgan fingerprint density at radius 1 is 1.33 bits per heavy atom. The van der Waals surface area contributed by atoms with E-state index in [1.54, 1.807) is 0 Å². The van der Waals surface area contributed by atoms with E-state index in [4.69, 9.17) is 0 Å². The van der Waals surface area contributed by atoms with Crippen LogP contribution in [-0.2, 0) is 17.1 Å². The van der Waals surface area contributed by atoms with Gasteiger partial charge in [-0.1, -0.05) is 26.7 Å². The van der Waals surface area contributed by atoms with Crippen LogP contribution in [0.5, 0.6) is 0 Å². The summed E-state index contributed by atoms with van der Waals surface area (Å²) in [7, 11) is 0. The van der Waals surface area contributed by atoms with Crippen molar-refractivity contribution in [2.24, 2.45) is 0 Å². The fourth-order valence-corrected chi connectivity index (χ4v) is 1.43. The quantitative estimate of drug-likeness (QED) is 0.511. The van der Waals surface area contributed by atoms with Crippen LogP contribution in [-0.4, -0.2) is 0 Å². The van der Waals surface area contributed by atoms with Gasteiger partial charge in [0.2, 0.25) is 0 Å². The van der Waals surface area contributed by atoms with Gasteiger partial charge in [0, 0.05) is 0 Å². The molecule has 1 aromatic rings. The van der Waals surface area contributed by atoms with E-state index in [0.717, 1.165) is 12.8 Å². The van der Waals surface area contributed by atoms with Crippen LogP contribution in [0, 0.1) is 13.8 Å². The topological polar surface area (TPSA) is 0 Å². The summed E-state index contributed by atoms with van der Waals surface area (Å²) in [4.78, 5) is 0. The van der Waals surface area contributed by atoms with Crippen LogP contribution < -0.4 is 0 Å². The average molecular weight is 242 g/mol. The molecule has 1 aliphatic carbocycles. The molecule has 0 saturated carbocycles. The van der Waals surface area contributed by atoms with Gasteiger partial charge in [0.05, 0.1) is 0 Å². The smallest absolute Gasteiger partial charge is 0.213 e. The minimum absolute atomic E-state index is 0. The van der Waals surface area contributed by atoms with Crippen LogP contribution >= 0.6 is 0 Å². The molecular weight excluding hydrogens is 224 g/mol. The molecule has 0 atom stereocenters. The molecule has 2 rings (SSSR count). The monoisotopic (exact) mass is 242 g/mol. The zero-order chi connectivity index (χ0) is 10.4. The van der Waals surface area contributed by atoms with Crippen LogP contribution in [0.4, 0.5) is 0 Å². The van der Waals surface area contributed by atoms with Gasteiger partial charge in [0.1, 0.15) is 0 Å². The van der Waals surface area contributed by atoms with Crippen molar-refractivity contribution in [3.05, 3.63) is 60.1 Å². The van der Waals surface area contributed by atoms with Crippen molar-refractivity contribution in [2.45, 2.75) is 26.7 Å². The minimum Gasteiger partial charge on any atom is -0.213 e. The van der Waals surface area contributed by atoms with Gasteiger partial charge in [0.15, 0.2) is 0 Å². The van der Waals surface area contributed by atoms with Crippen molar-refractivity contribution in [1.82, 2.24) is 0 Å². The van der Waals surface area contributed by atoms with E-state index < -0.39 is 0 Å². The molecule has 0 aromatic heterocycles. The summed E-state index contributed by atoms with van der Waals surface area (Å²) in [6.07, 6.45) is 6.56. The molecule has 0 radical (unpaired) electrons. The Bertz CT molecular complexity index is 315. The first-order valence-corrected chi connectivity index (χ1v) is 5.13. The molecule has 0 heterocycles. The van der Waals surface area contributed by atoms with Gasteiger partial charge in [-0.05, 0) is 0 Å². The maximum absolute atomic E-state index is 3.88. The van der Waals surface area contributed by atoms with Gasteiger partial charge in [-0.15, -0.1) is 6.08 Å². The Labute approximate surface area is 104 Å². The fraction of sp³-hybridized carbons (Fsp3) is 0.286. The van der Waals surface area contributed by atoms with Gasteiger partial charge >= 0.3 is 17.1 Å². The summed E-state index contributed by atoms with van der Waals surface area (Å²) in [6.45, 7) is 8.14. The zero-order valence-corrected chi connectivity index (χ0v) is 10.5. The predicted octanol–water partition coefficient (Wildman–Crippen LogP) is 4.20. The fourth-order valence-electron chi connectivity index (χ4n) is 1.43. The minimum atomic E-state index is 0. The van der Waals surface area contributed by atoms with Gasteiger partial charge in [-0.25, -0.2) is 12.1 Å². The first-order chi connectivity index (χ1) is 6.74. The van der Waals surface area contributed by atoms with Crippen molar-refractivity contribution in [2.75, 3.05) is 0 Å². The molecule has 1 aromatic carbocycles. The Kier molecular flexibility index (Phi) is 7.11. The Morgan fingerprint density at radius 2 is 1.93 bits per heavy atom. The summed E-state index contributed by atoms with van der Waals surface area (Å²) < 4.78 is 0. The molecule has 0 aliphatic heterocycles. The van der Waals surface area contributed by atoms with Crippen LogP contribution in [0.2, 0.25) is 0 Å². The van der Waals surface area contributed by atoms with E-state index in [1.165, 1.54) is 16.7 Å². The molecule has 15 heavy (non-hydrogen) atoms. The molecular formula is C14H18Fe. The summed E-state index contributed by atoms with van der Waals surface area (Å²) in [5, 5.41) is 0. The van der Waals surface area contributed by atoms with Crippen LogP contribution in [0.1, 0.15) is 25.3 Å². The molecule has 82 valence electrons. The van der Waals surface area contributed by atoms with Gasteiger partial charge < -0.3 is 0 Å². The molecule has 0 amide bonds. The Balaban J connectivity index is 0.000000253. The zero-order valence-electron chi connectivity index (χ0n) is 9.44. The van der Waals surface area contributed by atoms with Gasteiger partial charge in [-0.2, -0.15) is 41.8 Å². The summed E-state index contributed by atoms with van der Waals surface area (Å²) in [5.41, 5.74) is 4.06. The van der Waals surface area contributed by atoms with Crippen molar-refractivity contribution >= 4 is 0 Å². The maximum atomic E-state index is 3.88. The van der Waals surface area contributed by atoms with E-state index in [1.807, 2.05) is 12.1 Å². The molecule has 0 saturated heterocycles. The van der Waals surface area contributed by atoms with Crippen LogP contribution in [0.3, 0.4) is 0 Å². The largest absolute Gasteiger partial charge is 2.00 e. The number of hydrogen-bond acceptors (Lipinski definition) is 0. The summed E-state index contributed by atoms with van der Waals surface area (Å²) in [6, 6.07) is 8.24. The third-order valence-electron chi connectivity index (χ3n) is 2.39. The standard InChI is InChI=1S/C8H11.C6H7.Fe/c1-3-8-6-4-5-7(8)2;1-6-4-2-3-5-6;/h4-5H,2-3,6H2,1H3;2-5H,1H3;/q2*-1;+2. The third kappa shape index (κ3) is 5.01. The SMILES string of the molecule is C[c-]1cccc1.[CH2-]C1=C(CC)CC=C1.[Fe+2]. The predicted molar refractivity (Wildman–Crippen MR) is 63.2 cm³/mol. The average Bonchev–Trinajstić information content (AvgIpc) is 2.77. The van der Waals surface area contributed by atoms with E-state index >= 15 is 0 Å². The van der Waals surface area contributed by atoms with E-state index in [9.17, 15) is 0 Å². The summed E-state index contributed by atoms with van der Waals surface area (Å²) >= 11 is 0. The second kappa shape index (κ2) is 7.50.